The number of fused-ring (bicyclic) bond motifs is 1. The summed E-state index contributed by atoms with van der Waals surface area (Å²) in [6.07, 6.45) is 2.16. The summed E-state index contributed by atoms with van der Waals surface area (Å²) in [5, 5.41) is 12.6. The highest BCUT2D eigenvalue weighted by Crippen LogP contribution is 2.35. The van der Waals surface area contributed by atoms with Gasteiger partial charge in [0.25, 0.3) is 0 Å². The summed E-state index contributed by atoms with van der Waals surface area (Å²) in [6.45, 7) is 5.98. The minimum atomic E-state index is -0.477. The summed E-state index contributed by atoms with van der Waals surface area (Å²) in [7, 11) is 0. The van der Waals surface area contributed by atoms with E-state index in [-0.39, 0.29) is 6.10 Å². The zero-order valence-electron chi connectivity index (χ0n) is 11.7. The van der Waals surface area contributed by atoms with Crippen molar-refractivity contribution in [3.8, 4) is 0 Å². The SMILES string of the molecule is CC(C)(C)OC(=O)NCc1cc2c(s1)CCCC2O. The molecule has 1 aromatic heterocycles. The molecule has 0 saturated heterocycles. The molecule has 1 aliphatic carbocycles. The van der Waals surface area contributed by atoms with Crippen LogP contribution < -0.4 is 5.32 Å². The number of aliphatic hydroxyl groups is 1. The van der Waals surface area contributed by atoms with Crippen molar-refractivity contribution in [2.45, 2.75) is 58.3 Å². The summed E-state index contributed by atoms with van der Waals surface area (Å²) < 4.78 is 5.19. The van der Waals surface area contributed by atoms with Gasteiger partial charge in [0.2, 0.25) is 0 Å². The van der Waals surface area contributed by atoms with Gasteiger partial charge < -0.3 is 15.2 Å². The minimum absolute atomic E-state index is 0.338. The molecule has 19 heavy (non-hydrogen) atoms. The highest BCUT2D eigenvalue weighted by atomic mass is 32.1. The van der Waals surface area contributed by atoms with Crippen LogP contribution in [0.25, 0.3) is 0 Å². The number of hydrogen-bond acceptors (Lipinski definition) is 4. The third-order valence-corrected chi connectivity index (χ3v) is 4.15. The number of alkyl carbamates (subject to hydrolysis) is 1. The second-order valence-electron chi connectivity index (χ2n) is 5.85. The average Bonchev–Trinajstić information content (AvgIpc) is 2.68. The molecule has 5 heteroatoms. The molecule has 1 amide bonds. The summed E-state index contributed by atoms with van der Waals surface area (Å²) in [5.74, 6) is 0. The van der Waals surface area contributed by atoms with Gasteiger partial charge in [0.15, 0.2) is 0 Å². The van der Waals surface area contributed by atoms with Gasteiger partial charge in [-0.05, 0) is 51.7 Å². The third-order valence-electron chi connectivity index (χ3n) is 2.94. The quantitative estimate of drug-likeness (QED) is 0.876. The van der Waals surface area contributed by atoms with Crippen molar-refractivity contribution in [1.82, 2.24) is 5.32 Å². The number of thiophene rings is 1. The summed E-state index contributed by atoms with van der Waals surface area (Å²) in [6, 6.07) is 2.00. The van der Waals surface area contributed by atoms with Crippen molar-refractivity contribution in [1.29, 1.82) is 0 Å². The Kier molecular flexibility index (Phi) is 4.16. The van der Waals surface area contributed by atoms with Crippen molar-refractivity contribution in [2.24, 2.45) is 0 Å². The Balaban J connectivity index is 1.92. The van der Waals surface area contributed by atoms with Crippen molar-refractivity contribution in [2.75, 3.05) is 0 Å². The van der Waals surface area contributed by atoms with Gasteiger partial charge in [-0.15, -0.1) is 11.3 Å². The lowest BCUT2D eigenvalue weighted by Gasteiger charge is -2.19. The van der Waals surface area contributed by atoms with E-state index >= 15 is 0 Å². The lowest BCUT2D eigenvalue weighted by Crippen LogP contribution is -2.31. The number of carbonyl (C=O) groups is 1. The van der Waals surface area contributed by atoms with E-state index in [1.807, 2.05) is 26.8 Å². The van der Waals surface area contributed by atoms with Crippen LogP contribution in [0.15, 0.2) is 6.07 Å². The second kappa shape index (κ2) is 5.51. The lowest BCUT2D eigenvalue weighted by atomic mass is 9.96. The van der Waals surface area contributed by atoms with E-state index in [1.165, 1.54) is 4.88 Å². The molecule has 1 heterocycles. The van der Waals surface area contributed by atoms with Crippen LogP contribution in [-0.4, -0.2) is 16.8 Å². The molecular weight excluding hydrogens is 262 g/mol. The van der Waals surface area contributed by atoms with Gasteiger partial charge in [-0.25, -0.2) is 4.79 Å². The highest BCUT2D eigenvalue weighted by Gasteiger charge is 2.21. The number of aliphatic hydroxyl groups excluding tert-OH is 1. The molecule has 0 radical (unpaired) electrons. The first kappa shape index (κ1) is 14.3. The van der Waals surface area contributed by atoms with Crippen LogP contribution >= 0.6 is 11.3 Å². The Hall–Kier alpha value is -1.07. The average molecular weight is 283 g/mol. The zero-order chi connectivity index (χ0) is 14.0. The second-order valence-corrected chi connectivity index (χ2v) is 7.08. The first-order valence-corrected chi connectivity index (χ1v) is 7.43. The lowest BCUT2D eigenvalue weighted by molar-refractivity contribution is 0.0524. The topological polar surface area (TPSA) is 58.6 Å². The molecule has 1 unspecified atom stereocenters. The molecule has 0 aromatic carbocycles. The number of hydrogen-bond donors (Lipinski definition) is 2. The van der Waals surface area contributed by atoms with Gasteiger partial charge in [-0.2, -0.15) is 0 Å². The number of carbonyl (C=O) groups excluding carboxylic acids is 1. The fourth-order valence-corrected chi connectivity index (χ4v) is 3.36. The molecule has 1 aliphatic rings. The Morgan fingerprint density at radius 2 is 2.32 bits per heavy atom. The van der Waals surface area contributed by atoms with Gasteiger partial charge in [-0.1, -0.05) is 0 Å². The van der Waals surface area contributed by atoms with E-state index in [0.29, 0.717) is 6.54 Å². The maximum atomic E-state index is 11.6. The standard InChI is InChI=1S/C14H21NO3S/c1-14(2,3)18-13(17)15-8-9-7-10-11(16)5-4-6-12(10)19-9/h7,11,16H,4-6,8H2,1-3H3,(H,15,17). The molecule has 4 nitrogen and oxygen atoms in total. The van der Waals surface area contributed by atoms with Gasteiger partial charge in [0.05, 0.1) is 12.6 Å². The monoisotopic (exact) mass is 283 g/mol. The molecule has 0 fully saturated rings. The van der Waals surface area contributed by atoms with Gasteiger partial charge >= 0.3 is 6.09 Å². The molecule has 1 atom stereocenters. The van der Waals surface area contributed by atoms with Crippen molar-refractivity contribution in [3.05, 3.63) is 21.4 Å². The zero-order valence-corrected chi connectivity index (χ0v) is 12.5. The van der Waals surface area contributed by atoms with E-state index < -0.39 is 11.7 Å². The normalized spacial score (nSPS) is 18.8. The van der Waals surface area contributed by atoms with Gasteiger partial charge in [0.1, 0.15) is 5.60 Å². The minimum Gasteiger partial charge on any atom is -0.444 e. The Bertz CT molecular complexity index is 462. The maximum Gasteiger partial charge on any atom is 0.407 e. The summed E-state index contributed by atoms with van der Waals surface area (Å²) in [4.78, 5) is 13.9. The predicted molar refractivity (Wildman–Crippen MR) is 75.3 cm³/mol. The maximum absolute atomic E-state index is 11.6. The van der Waals surface area contributed by atoms with Crippen LogP contribution in [0.3, 0.4) is 0 Å². The van der Waals surface area contributed by atoms with Gasteiger partial charge in [0, 0.05) is 9.75 Å². The first-order valence-electron chi connectivity index (χ1n) is 6.61. The predicted octanol–water partition coefficient (Wildman–Crippen LogP) is 3.14. The molecule has 0 saturated carbocycles. The molecule has 0 spiro atoms. The van der Waals surface area contributed by atoms with E-state index in [9.17, 15) is 9.90 Å². The third kappa shape index (κ3) is 3.94. The molecule has 1 aromatic rings. The number of nitrogens with one attached hydrogen (secondary N) is 1. The van der Waals surface area contributed by atoms with Crippen LogP contribution in [0, 0.1) is 0 Å². The molecule has 106 valence electrons. The van der Waals surface area contributed by atoms with Crippen LogP contribution in [-0.2, 0) is 17.7 Å². The van der Waals surface area contributed by atoms with Crippen molar-refractivity contribution >= 4 is 17.4 Å². The molecule has 2 rings (SSSR count). The first-order chi connectivity index (χ1) is 8.85. The molecule has 0 aliphatic heterocycles. The summed E-state index contributed by atoms with van der Waals surface area (Å²) in [5.41, 5.74) is 0.562. The van der Waals surface area contributed by atoms with E-state index in [2.05, 4.69) is 5.32 Å². The van der Waals surface area contributed by atoms with E-state index in [0.717, 1.165) is 29.7 Å². The molecular formula is C14H21NO3S. The van der Waals surface area contributed by atoms with Crippen LogP contribution in [0.1, 0.15) is 55.0 Å². The van der Waals surface area contributed by atoms with E-state index in [1.54, 1.807) is 11.3 Å². The van der Waals surface area contributed by atoms with E-state index in [4.69, 9.17) is 4.74 Å². The van der Waals surface area contributed by atoms with Crippen LogP contribution in [0.2, 0.25) is 0 Å². The fourth-order valence-electron chi connectivity index (χ4n) is 2.15. The number of ether oxygens (including phenoxy) is 1. The van der Waals surface area contributed by atoms with Gasteiger partial charge in [-0.3, -0.25) is 0 Å². The van der Waals surface area contributed by atoms with Crippen molar-refractivity contribution in [3.63, 3.8) is 0 Å². The number of rotatable bonds is 2. The fraction of sp³-hybridized carbons (Fsp3) is 0.643. The smallest absolute Gasteiger partial charge is 0.407 e. The number of aryl methyl sites for hydroxylation is 1. The van der Waals surface area contributed by atoms with Crippen LogP contribution in [0.4, 0.5) is 4.79 Å². The Labute approximate surface area is 117 Å². The number of amides is 1. The highest BCUT2D eigenvalue weighted by molar-refractivity contribution is 7.12. The molecule has 2 N–H and O–H groups in total. The molecule has 0 bridgehead atoms. The summed E-state index contributed by atoms with van der Waals surface area (Å²) >= 11 is 1.67. The van der Waals surface area contributed by atoms with Crippen molar-refractivity contribution < 1.29 is 14.6 Å². The Morgan fingerprint density at radius 1 is 1.58 bits per heavy atom. The largest absolute Gasteiger partial charge is 0.444 e. The van der Waals surface area contributed by atoms with Crippen LogP contribution in [0.5, 0.6) is 0 Å². The Morgan fingerprint density at radius 3 is 2.95 bits per heavy atom.